The highest BCUT2D eigenvalue weighted by molar-refractivity contribution is 6.37. The van der Waals surface area contributed by atoms with E-state index in [4.69, 9.17) is 33.2 Å². The summed E-state index contributed by atoms with van der Waals surface area (Å²) in [4.78, 5) is 35.3. The molecule has 2 aliphatic heterocycles. The molecule has 1 unspecified atom stereocenters. The Morgan fingerprint density at radius 1 is 1.21 bits per heavy atom. The Bertz CT molecular complexity index is 1050. The molecule has 1 atom stereocenters. The van der Waals surface area contributed by atoms with Crippen LogP contribution in [0.15, 0.2) is 45.5 Å². The van der Waals surface area contributed by atoms with Crippen LogP contribution in [0.5, 0.6) is 5.75 Å². The van der Waals surface area contributed by atoms with E-state index >= 15 is 0 Å². The predicted octanol–water partition coefficient (Wildman–Crippen LogP) is 3.00. The van der Waals surface area contributed by atoms with Crippen LogP contribution >= 0.6 is 23.2 Å². The molecule has 1 fully saturated rings. The van der Waals surface area contributed by atoms with Gasteiger partial charge < -0.3 is 4.74 Å². The van der Waals surface area contributed by atoms with Crippen LogP contribution in [0.25, 0.3) is 0 Å². The molecule has 148 valence electrons. The van der Waals surface area contributed by atoms with Crippen LogP contribution < -0.4 is 20.5 Å². The molecule has 0 saturated carbocycles. The fourth-order valence-corrected chi connectivity index (χ4v) is 2.96. The Labute approximate surface area is 174 Å². The Kier molecular flexibility index (Phi) is 5.65. The van der Waals surface area contributed by atoms with Crippen molar-refractivity contribution < 1.29 is 19.1 Å². The molecule has 0 aromatic heterocycles. The number of amides is 4. The van der Waals surface area contributed by atoms with Gasteiger partial charge in [0.15, 0.2) is 11.8 Å². The Hall–Kier alpha value is -3.26. The van der Waals surface area contributed by atoms with Crippen LogP contribution in [0.2, 0.25) is 10.0 Å². The Morgan fingerprint density at radius 3 is 2.45 bits per heavy atom. The molecule has 10 nitrogen and oxygen atoms in total. The number of benzene rings is 1. The number of rotatable bonds is 3. The minimum absolute atomic E-state index is 0.00123. The number of hydrazine groups is 1. The summed E-state index contributed by atoms with van der Waals surface area (Å²) in [7, 11) is 0. The monoisotopic (exact) mass is 434 g/mol. The van der Waals surface area contributed by atoms with E-state index in [-0.39, 0.29) is 27.4 Å². The molecule has 1 saturated heterocycles. The summed E-state index contributed by atoms with van der Waals surface area (Å²) in [6.07, 6.45) is 1.41. The highest BCUT2D eigenvalue weighted by Crippen LogP contribution is 2.39. The number of nitrogens with zero attached hydrogens (tertiary/aromatic N) is 4. The van der Waals surface area contributed by atoms with Crippen molar-refractivity contribution in [2.45, 2.75) is 19.9 Å². The molecule has 12 heteroatoms. The molecule has 3 rings (SSSR count). The number of imide groups is 1. The number of nitrogens with one attached hydrogen (secondary N) is 2. The molecule has 2 aliphatic rings. The summed E-state index contributed by atoms with van der Waals surface area (Å²) in [6.45, 7) is 3.49. The first-order valence-electron chi connectivity index (χ1n) is 8.04. The van der Waals surface area contributed by atoms with E-state index in [1.807, 2.05) is 5.32 Å². The van der Waals surface area contributed by atoms with Gasteiger partial charge in [-0.3, -0.25) is 14.9 Å². The second kappa shape index (κ2) is 8.00. The highest BCUT2D eigenvalue weighted by atomic mass is 35.5. The smallest absolute Gasteiger partial charge is 0.343 e. The van der Waals surface area contributed by atoms with E-state index in [1.165, 1.54) is 18.2 Å². The predicted molar refractivity (Wildman–Crippen MR) is 102 cm³/mol. The van der Waals surface area contributed by atoms with Crippen molar-refractivity contribution in [3.8, 4) is 11.8 Å². The second-order valence-corrected chi connectivity index (χ2v) is 6.88. The van der Waals surface area contributed by atoms with Crippen LogP contribution in [-0.4, -0.2) is 23.9 Å². The fourth-order valence-electron chi connectivity index (χ4n) is 2.41. The lowest BCUT2D eigenvalue weighted by molar-refractivity contribution is -0.121. The zero-order chi connectivity index (χ0) is 21.3. The van der Waals surface area contributed by atoms with Crippen LogP contribution in [0, 0.1) is 11.3 Å². The lowest BCUT2D eigenvalue weighted by Gasteiger charge is -2.30. The van der Waals surface area contributed by atoms with Crippen molar-refractivity contribution >= 4 is 46.7 Å². The number of allylic oxidation sites excluding steroid dienone is 1. The normalized spacial score (nSPS) is 18.9. The van der Waals surface area contributed by atoms with Crippen molar-refractivity contribution in [2.75, 3.05) is 5.01 Å². The van der Waals surface area contributed by atoms with Gasteiger partial charge in [0.25, 0.3) is 11.8 Å². The van der Waals surface area contributed by atoms with Gasteiger partial charge in [0, 0.05) is 11.6 Å². The minimum Gasteiger partial charge on any atom is -0.434 e. The molecule has 0 aliphatic carbocycles. The van der Waals surface area contributed by atoms with Gasteiger partial charge in [-0.05, 0) is 26.0 Å². The Morgan fingerprint density at radius 2 is 1.86 bits per heavy atom. The third-order valence-corrected chi connectivity index (χ3v) is 4.37. The topological polar surface area (TPSA) is 136 Å². The average Bonchev–Trinajstić information content (AvgIpc) is 2.65. The van der Waals surface area contributed by atoms with Gasteiger partial charge in [-0.25, -0.2) is 9.80 Å². The van der Waals surface area contributed by atoms with Crippen molar-refractivity contribution in [2.24, 2.45) is 10.2 Å². The van der Waals surface area contributed by atoms with Gasteiger partial charge in [0.2, 0.25) is 5.88 Å². The summed E-state index contributed by atoms with van der Waals surface area (Å²) in [5.74, 6) is -1.24. The van der Waals surface area contributed by atoms with E-state index in [2.05, 4.69) is 15.7 Å². The molecule has 4 amide bonds. The molecule has 2 heterocycles. The van der Waals surface area contributed by atoms with Gasteiger partial charge in [-0.2, -0.15) is 10.7 Å². The summed E-state index contributed by atoms with van der Waals surface area (Å²) in [6, 6.07) is 2.32. The number of hydrogen-bond acceptors (Lipinski definition) is 7. The van der Waals surface area contributed by atoms with E-state index in [1.54, 1.807) is 19.9 Å². The first kappa shape index (κ1) is 20.5. The maximum Gasteiger partial charge on any atom is 0.343 e. The molecule has 29 heavy (non-hydrogen) atoms. The van der Waals surface area contributed by atoms with Crippen molar-refractivity contribution in [1.82, 2.24) is 10.7 Å². The molecule has 1 aromatic carbocycles. The molecular formula is C17H12Cl2N6O4. The van der Waals surface area contributed by atoms with E-state index in [0.29, 0.717) is 5.57 Å². The zero-order valence-corrected chi connectivity index (χ0v) is 16.5. The van der Waals surface area contributed by atoms with E-state index in [0.717, 1.165) is 10.6 Å². The first-order valence-corrected chi connectivity index (χ1v) is 8.79. The van der Waals surface area contributed by atoms with Gasteiger partial charge in [0.1, 0.15) is 0 Å². The number of nitriles is 1. The summed E-state index contributed by atoms with van der Waals surface area (Å²) in [5.41, 5.74) is 3.69. The number of carbonyl (C=O) groups excluding carboxylic acids is 3. The number of carbonyl (C=O) groups is 3. The summed E-state index contributed by atoms with van der Waals surface area (Å²) >= 11 is 12.5. The number of halogens is 2. The average molecular weight is 435 g/mol. The third-order valence-electron chi connectivity index (χ3n) is 3.81. The number of ether oxygens (including phenoxy) is 1. The highest BCUT2D eigenvalue weighted by Gasteiger charge is 2.33. The van der Waals surface area contributed by atoms with Crippen LogP contribution in [0.1, 0.15) is 13.8 Å². The number of azo groups is 1. The van der Waals surface area contributed by atoms with Crippen molar-refractivity contribution in [1.29, 1.82) is 5.26 Å². The molecule has 1 aromatic rings. The number of anilines is 1. The maximum absolute atomic E-state index is 12.1. The zero-order valence-electron chi connectivity index (χ0n) is 15.0. The quantitative estimate of drug-likeness (QED) is 0.701. The van der Waals surface area contributed by atoms with Gasteiger partial charge in [-0.1, -0.05) is 28.8 Å². The maximum atomic E-state index is 12.1. The molecule has 0 radical (unpaired) electrons. The molecule has 2 N–H and O–H groups in total. The number of urea groups is 1. The van der Waals surface area contributed by atoms with Gasteiger partial charge in [0.05, 0.1) is 21.8 Å². The second-order valence-electron chi connectivity index (χ2n) is 6.06. The third kappa shape index (κ3) is 4.12. The van der Waals surface area contributed by atoms with Crippen LogP contribution in [-0.2, 0) is 9.59 Å². The number of hydrogen-bond donors (Lipinski definition) is 2. The summed E-state index contributed by atoms with van der Waals surface area (Å²) < 4.78 is 5.58. The van der Waals surface area contributed by atoms with E-state index in [9.17, 15) is 14.4 Å². The SMILES string of the molecule is CC(C)=C1C=C(Oc2c(Cl)cc(N3NC(C#N)C(=O)NC3=O)cc2Cl)N=NC1=O. The Balaban J connectivity index is 1.90. The lowest BCUT2D eigenvalue weighted by Crippen LogP contribution is -2.64. The van der Waals surface area contributed by atoms with E-state index < -0.39 is 23.9 Å². The minimum atomic E-state index is -1.27. The molecule has 0 bridgehead atoms. The van der Waals surface area contributed by atoms with Gasteiger partial charge >= 0.3 is 6.03 Å². The van der Waals surface area contributed by atoms with Crippen molar-refractivity contribution in [3.05, 3.63) is 45.3 Å². The molecular weight excluding hydrogens is 423 g/mol. The first-order chi connectivity index (χ1) is 13.7. The standard InChI is InChI=1S/C17H12Cl2N6O4/c1-7(2)9-5-13(22-23-15(9)26)29-14-10(18)3-8(4-11(14)19)25-17(28)21-16(27)12(6-20)24-25/h3-5,12,24H,1-2H3,(H,21,27,28). The fraction of sp³-hybridized carbons (Fsp3) is 0.176. The lowest BCUT2D eigenvalue weighted by atomic mass is 10.1. The van der Waals surface area contributed by atoms with Crippen LogP contribution in [0.3, 0.4) is 0 Å². The van der Waals surface area contributed by atoms with Crippen LogP contribution in [0.4, 0.5) is 10.5 Å². The largest absolute Gasteiger partial charge is 0.434 e. The molecule has 0 spiro atoms. The van der Waals surface area contributed by atoms with Gasteiger partial charge in [-0.15, -0.1) is 10.2 Å². The summed E-state index contributed by atoms with van der Waals surface area (Å²) in [5, 5.41) is 19.2. The van der Waals surface area contributed by atoms with Crippen molar-refractivity contribution in [3.63, 3.8) is 0 Å².